The Morgan fingerprint density at radius 2 is 2.09 bits per heavy atom. The lowest BCUT2D eigenvalue weighted by Crippen LogP contribution is -2.01. The molecule has 0 saturated heterocycles. The zero-order valence-electron chi connectivity index (χ0n) is 5.55. The van der Waals surface area contributed by atoms with Gasteiger partial charge in [-0.25, -0.2) is 8.78 Å². The number of benzene rings is 1. The van der Waals surface area contributed by atoms with Crippen molar-refractivity contribution >= 4 is 7.69 Å². The summed E-state index contributed by atoms with van der Waals surface area (Å²) in [7, 11) is -0.666. The predicted molar refractivity (Wildman–Crippen MR) is 36.4 cm³/mol. The highest BCUT2D eigenvalue weighted by Gasteiger charge is 2.03. The first kappa shape index (κ1) is 8.01. The van der Waals surface area contributed by atoms with Gasteiger partial charge in [-0.3, -0.25) is 0 Å². The molecule has 0 saturated carbocycles. The van der Waals surface area contributed by atoms with Crippen LogP contribution in [0.25, 0.3) is 0 Å². The Kier molecular flexibility index (Phi) is 2.43. The molecule has 1 N–H and O–H groups in total. The first-order valence-corrected chi connectivity index (χ1v) is 2.93. The maximum absolute atomic E-state index is 12.6. The van der Waals surface area contributed by atoms with Gasteiger partial charge < -0.3 is 9.68 Å². The second-order valence-electron chi connectivity index (χ2n) is 1.85. The van der Waals surface area contributed by atoms with Crippen molar-refractivity contribution in [2.24, 2.45) is 0 Å². The average molecular weight is 158 g/mol. The highest BCUT2D eigenvalue weighted by atomic mass is 19.1. The molecule has 0 aliphatic heterocycles. The first-order valence-electron chi connectivity index (χ1n) is 2.93. The van der Waals surface area contributed by atoms with E-state index in [1.165, 1.54) is 0 Å². The SMILES string of the molecule is OBOc1cc(F)ccc1F. The summed E-state index contributed by atoms with van der Waals surface area (Å²) in [5, 5.41) is 8.22. The maximum atomic E-state index is 12.6. The monoisotopic (exact) mass is 158 g/mol. The second-order valence-corrected chi connectivity index (χ2v) is 1.85. The van der Waals surface area contributed by atoms with Crippen LogP contribution >= 0.6 is 0 Å². The van der Waals surface area contributed by atoms with E-state index in [2.05, 4.69) is 4.65 Å². The summed E-state index contributed by atoms with van der Waals surface area (Å²) in [4.78, 5) is 0. The predicted octanol–water partition coefficient (Wildman–Crippen LogP) is 0.602. The normalized spacial score (nSPS) is 9.36. The molecule has 0 radical (unpaired) electrons. The molecule has 0 heterocycles. The number of hydrogen-bond donors (Lipinski definition) is 1. The van der Waals surface area contributed by atoms with Gasteiger partial charge in [0.25, 0.3) is 0 Å². The fourth-order valence-electron chi connectivity index (χ4n) is 0.657. The molecule has 0 unspecified atom stereocenters. The highest BCUT2D eigenvalue weighted by molar-refractivity contribution is 6.17. The van der Waals surface area contributed by atoms with Gasteiger partial charge in [-0.1, -0.05) is 0 Å². The van der Waals surface area contributed by atoms with Crippen molar-refractivity contribution in [3.63, 3.8) is 0 Å². The van der Waals surface area contributed by atoms with E-state index < -0.39 is 19.3 Å². The van der Waals surface area contributed by atoms with Crippen LogP contribution in [-0.2, 0) is 0 Å². The fraction of sp³-hybridized carbons (Fsp3) is 0. The first-order chi connectivity index (χ1) is 5.24. The van der Waals surface area contributed by atoms with Crippen LogP contribution in [0.2, 0.25) is 0 Å². The Balaban J connectivity index is 2.93. The Bertz CT molecular complexity index is 254. The van der Waals surface area contributed by atoms with Crippen molar-refractivity contribution in [3.8, 4) is 5.75 Å². The quantitative estimate of drug-likeness (QED) is 0.638. The molecule has 58 valence electrons. The second kappa shape index (κ2) is 3.34. The van der Waals surface area contributed by atoms with E-state index in [9.17, 15) is 8.78 Å². The molecule has 5 heteroatoms. The fourth-order valence-corrected chi connectivity index (χ4v) is 0.657. The zero-order valence-corrected chi connectivity index (χ0v) is 5.55. The van der Waals surface area contributed by atoms with Crippen LogP contribution in [0.3, 0.4) is 0 Å². The molecule has 0 amide bonds. The van der Waals surface area contributed by atoms with Crippen LogP contribution in [0, 0.1) is 11.6 Å². The van der Waals surface area contributed by atoms with E-state index in [4.69, 9.17) is 5.02 Å². The van der Waals surface area contributed by atoms with Crippen molar-refractivity contribution in [3.05, 3.63) is 29.8 Å². The molecule has 0 aliphatic rings. The van der Waals surface area contributed by atoms with Crippen molar-refractivity contribution < 1.29 is 18.5 Å². The van der Waals surface area contributed by atoms with Crippen LogP contribution in [0.4, 0.5) is 8.78 Å². The largest absolute Gasteiger partial charge is 0.537 e. The third kappa shape index (κ3) is 1.91. The number of hydrogen-bond acceptors (Lipinski definition) is 2. The molecule has 1 aromatic rings. The van der Waals surface area contributed by atoms with Crippen LogP contribution in [0.15, 0.2) is 18.2 Å². The third-order valence-corrected chi connectivity index (χ3v) is 1.11. The van der Waals surface area contributed by atoms with Crippen molar-refractivity contribution in [1.29, 1.82) is 0 Å². The van der Waals surface area contributed by atoms with Crippen LogP contribution in [0.1, 0.15) is 0 Å². The Labute approximate surface area is 62.7 Å². The molecule has 0 fully saturated rings. The lowest BCUT2D eigenvalue weighted by molar-refractivity contribution is 0.428. The third-order valence-electron chi connectivity index (χ3n) is 1.11. The Morgan fingerprint density at radius 3 is 2.73 bits per heavy atom. The molecular formula is C6H5BF2O2. The van der Waals surface area contributed by atoms with Crippen molar-refractivity contribution in [2.75, 3.05) is 0 Å². The Hall–Kier alpha value is -1.10. The smallest absolute Gasteiger partial charge is 0.504 e. The van der Waals surface area contributed by atoms with Crippen molar-refractivity contribution in [2.45, 2.75) is 0 Å². The zero-order chi connectivity index (χ0) is 8.27. The van der Waals surface area contributed by atoms with E-state index >= 15 is 0 Å². The molecule has 0 bridgehead atoms. The summed E-state index contributed by atoms with van der Waals surface area (Å²) in [6.45, 7) is 0. The molecular weight excluding hydrogens is 153 g/mol. The van der Waals surface area contributed by atoms with Gasteiger partial charge in [0.15, 0.2) is 5.82 Å². The van der Waals surface area contributed by atoms with Gasteiger partial charge in [0.05, 0.1) is 0 Å². The highest BCUT2D eigenvalue weighted by Crippen LogP contribution is 2.16. The summed E-state index contributed by atoms with van der Waals surface area (Å²) in [5.41, 5.74) is 0. The van der Waals surface area contributed by atoms with Gasteiger partial charge >= 0.3 is 7.69 Å². The maximum Gasteiger partial charge on any atom is 0.504 e. The molecule has 0 spiro atoms. The molecule has 0 aliphatic carbocycles. The molecule has 11 heavy (non-hydrogen) atoms. The molecule has 2 nitrogen and oxygen atoms in total. The standard InChI is InChI=1S/C6H5BF2O2/c8-4-1-2-5(9)6(3-4)11-7-10/h1-3,7,10H. The summed E-state index contributed by atoms with van der Waals surface area (Å²) in [5.74, 6) is -1.58. The average Bonchev–Trinajstić information content (AvgIpc) is 1.98. The van der Waals surface area contributed by atoms with E-state index in [1.54, 1.807) is 0 Å². The topological polar surface area (TPSA) is 29.5 Å². The van der Waals surface area contributed by atoms with Crippen molar-refractivity contribution in [1.82, 2.24) is 0 Å². The molecule has 0 atom stereocenters. The minimum atomic E-state index is -0.694. The molecule has 1 aromatic carbocycles. The van der Waals surface area contributed by atoms with Crippen LogP contribution in [-0.4, -0.2) is 12.7 Å². The molecule has 0 aromatic heterocycles. The van der Waals surface area contributed by atoms with Gasteiger partial charge in [-0.05, 0) is 12.1 Å². The van der Waals surface area contributed by atoms with E-state index in [0.29, 0.717) is 0 Å². The van der Waals surface area contributed by atoms with Gasteiger partial charge in [0, 0.05) is 6.07 Å². The Morgan fingerprint density at radius 1 is 1.36 bits per heavy atom. The van der Waals surface area contributed by atoms with Gasteiger partial charge in [-0.15, -0.1) is 0 Å². The van der Waals surface area contributed by atoms with Crippen LogP contribution in [0.5, 0.6) is 5.75 Å². The van der Waals surface area contributed by atoms with Gasteiger partial charge in [0.1, 0.15) is 11.6 Å². The minimum Gasteiger partial charge on any atom is -0.537 e. The minimum absolute atomic E-state index is 0.285. The molecule has 1 rings (SSSR count). The van der Waals surface area contributed by atoms with Gasteiger partial charge in [0.2, 0.25) is 0 Å². The van der Waals surface area contributed by atoms with E-state index in [-0.39, 0.29) is 5.75 Å². The summed E-state index contributed by atoms with van der Waals surface area (Å²) < 4.78 is 29.3. The summed E-state index contributed by atoms with van der Waals surface area (Å²) in [6, 6.07) is 2.77. The van der Waals surface area contributed by atoms with Crippen LogP contribution < -0.4 is 4.65 Å². The number of halogens is 2. The number of rotatable bonds is 2. The lowest BCUT2D eigenvalue weighted by Gasteiger charge is -2.01. The summed E-state index contributed by atoms with van der Waals surface area (Å²) in [6.07, 6.45) is 0. The van der Waals surface area contributed by atoms with E-state index in [0.717, 1.165) is 18.2 Å². The lowest BCUT2D eigenvalue weighted by atomic mass is 10.3. The van der Waals surface area contributed by atoms with Gasteiger partial charge in [-0.2, -0.15) is 0 Å². The summed E-state index contributed by atoms with van der Waals surface area (Å²) >= 11 is 0. The van der Waals surface area contributed by atoms with E-state index in [1.807, 2.05) is 0 Å².